The van der Waals surface area contributed by atoms with E-state index in [-0.39, 0.29) is 17.0 Å². The monoisotopic (exact) mass is 274 g/mol. The van der Waals surface area contributed by atoms with Crippen LogP contribution in [0.15, 0.2) is 27.5 Å². The SMILES string of the molecule is Cc1cc(=O)c(C(=O)NC(C)c2cc(C)oc2C)c[nH]1. The third-order valence-corrected chi connectivity index (χ3v) is 3.20. The Morgan fingerprint density at radius 3 is 2.55 bits per heavy atom. The zero-order chi connectivity index (χ0) is 14.9. The fourth-order valence-electron chi connectivity index (χ4n) is 2.18. The molecule has 0 fully saturated rings. The zero-order valence-corrected chi connectivity index (χ0v) is 12.0. The highest BCUT2D eigenvalue weighted by Gasteiger charge is 2.17. The van der Waals surface area contributed by atoms with Crippen LogP contribution in [0, 0.1) is 20.8 Å². The van der Waals surface area contributed by atoms with Gasteiger partial charge in [-0.05, 0) is 33.8 Å². The van der Waals surface area contributed by atoms with E-state index in [1.807, 2.05) is 26.8 Å². The van der Waals surface area contributed by atoms with E-state index in [9.17, 15) is 9.59 Å². The lowest BCUT2D eigenvalue weighted by atomic mass is 10.1. The summed E-state index contributed by atoms with van der Waals surface area (Å²) < 4.78 is 5.44. The summed E-state index contributed by atoms with van der Waals surface area (Å²) in [6.07, 6.45) is 1.44. The Morgan fingerprint density at radius 2 is 2.00 bits per heavy atom. The summed E-state index contributed by atoms with van der Waals surface area (Å²) in [7, 11) is 0. The molecule has 1 atom stereocenters. The first-order chi connectivity index (χ1) is 9.38. The van der Waals surface area contributed by atoms with E-state index in [1.165, 1.54) is 12.3 Å². The van der Waals surface area contributed by atoms with Crippen LogP contribution >= 0.6 is 0 Å². The number of rotatable bonds is 3. The summed E-state index contributed by atoms with van der Waals surface area (Å²) in [4.78, 5) is 26.8. The van der Waals surface area contributed by atoms with Crippen molar-refractivity contribution in [2.45, 2.75) is 33.7 Å². The van der Waals surface area contributed by atoms with Crippen LogP contribution in [0.4, 0.5) is 0 Å². The number of hydrogen-bond donors (Lipinski definition) is 2. The van der Waals surface area contributed by atoms with Gasteiger partial charge in [0.15, 0.2) is 5.43 Å². The number of aryl methyl sites for hydroxylation is 3. The molecule has 5 nitrogen and oxygen atoms in total. The number of nitrogens with one attached hydrogen (secondary N) is 2. The third-order valence-electron chi connectivity index (χ3n) is 3.20. The molecule has 0 saturated carbocycles. The standard InChI is InChI=1S/C15H18N2O3/c1-8-5-14(18)13(7-16-8)15(19)17-10(3)12-6-9(2)20-11(12)4/h5-7,10H,1-4H3,(H,16,18)(H,17,19). The molecule has 0 aliphatic heterocycles. The van der Waals surface area contributed by atoms with Gasteiger partial charge < -0.3 is 14.7 Å². The minimum atomic E-state index is -0.392. The van der Waals surface area contributed by atoms with E-state index < -0.39 is 5.91 Å². The Hall–Kier alpha value is -2.30. The van der Waals surface area contributed by atoms with Crippen molar-refractivity contribution in [2.75, 3.05) is 0 Å². The molecule has 2 aromatic rings. The minimum Gasteiger partial charge on any atom is -0.466 e. The molecular weight excluding hydrogens is 256 g/mol. The van der Waals surface area contributed by atoms with Crippen LogP contribution in [-0.2, 0) is 0 Å². The number of carbonyl (C=O) groups excluding carboxylic acids is 1. The molecular formula is C15H18N2O3. The van der Waals surface area contributed by atoms with Crippen LogP contribution in [0.1, 0.15) is 46.1 Å². The van der Waals surface area contributed by atoms with Gasteiger partial charge in [0.1, 0.15) is 17.1 Å². The van der Waals surface area contributed by atoms with E-state index in [4.69, 9.17) is 4.42 Å². The van der Waals surface area contributed by atoms with Crippen LogP contribution in [0.25, 0.3) is 0 Å². The molecule has 2 heterocycles. The minimum absolute atomic E-state index is 0.111. The molecule has 2 aromatic heterocycles. The van der Waals surface area contributed by atoms with E-state index in [0.29, 0.717) is 0 Å². The molecule has 106 valence electrons. The molecule has 0 saturated heterocycles. The van der Waals surface area contributed by atoms with Crippen LogP contribution in [0.2, 0.25) is 0 Å². The predicted octanol–water partition coefficient (Wildman–Crippen LogP) is 2.38. The second kappa shape index (κ2) is 5.36. The number of H-pyrrole nitrogens is 1. The molecule has 1 amide bonds. The summed E-state index contributed by atoms with van der Waals surface area (Å²) in [6.45, 7) is 7.33. The molecule has 1 unspecified atom stereocenters. The first-order valence-corrected chi connectivity index (χ1v) is 6.45. The Morgan fingerprint density at radius 1 is 1.30 bits per heavy atom. The van der Waals surface area contributed by atoms with Gasteiger partial charge in [0, 0.05) is 23.5 Å². The number of aromatic amines is 1. The van der Waals surface area contributed by atoms with Gasteiger partial charge in [0.25, 0.3) is 5.91 Å². The highest BCUT2D eigenvalue weighted by Crippen LogP contribution is 2.21. The number of pyridine rings is 1. The maximum atomic E-state index is 12.1. The maximum Gasteiger partial charge on any atom is 0.257 e. The average molecular weight is 274 g/mol. The highest BCUT2D eigenvalue weighted by atomic mass is 16.3. The number of furan rings is 1. The molecule has 5 heteroatoms. The third kappa shape index (κ3) is 2.82. The Bertz CT molecular complexity index is 697. The van der Waals surface area contributed by atoms with E-state index in [2.05, 4.69) is 10.3 Å². The van der Waals surface area contributed by atoms with Gasteiger partial charge in [-0.25, -0.2) is 0 Å². The molecule has 2 rings (SSSR count). The fourth-order valence-corrected chi connectivity index (χ4v) is 2.18. The van der Waals surface area contributed by atoms with E-state index >= 15 is 0 Å². The first-order valence-electron chi connectivity index (χ1n) is 6.45. The largest absolute Gasteiger partial charge is 0.466 e. The van der Waals surface area contributed by atoms with Gasteiger partial charge in [-0.3, -0.25) is 9.59 Å². The average Bonchev–Trinajstić information content (AvgIpc) is 2.68. The van der Waals surface area contributed by atoms with Crippen molar-refractivity contribution in [3.05, 3.63) is 56.9 Å². The fraction of sp³-hybridized carbons (Fsp3) is 0.333. The van der Waals surface area contributed by atoms with Crippen molar-refractivity contribution in [1.29, 1.82) is 0 Å². The first kappa shape index (κ1) is 14.1. The van der Waals surface area contributed by atoms with Crippen LogP contribution in [0.3, 0.4) is 0 Å². The van der Waals surface area contributed by atoms with Gasteiger partial charge in [0.2, 0.25) is 0 Å². The highest BCUT2D eigenvalue weighted by molar-refractivity contribution is 5.94. The summed E-state index contributed by atoms with van der Waals surface area (Å²) >= 11 is 0. The molecule has 0 aliphatic carbocycles. The van der Waals surface area contributed by atoms with Gasteiger partial charge >= 0.3 is 0 Å². The summed E-state index contributed by atoms with van der Waals surface area (Å²) in [5.41, 5.74) is 1.46. The molecule has 0 spiro atoms. The molecule has 0 radical (unpaired) electrons. The summed E-state index contributed by atoms with van der Waals surface area (Å²) in [6, 6.07) is 3.08. The molecule has 20 heavy (non-hydrogen) atoms. The molecule has 2 N–H and O–H groups in total. The number of hydrogen-bond acceptors (Lipinski definition) is 3. The topological polar surface area (TPSA) is 75.1 Å². The van der Waals surface area contributed by atoms with Crippen molar-refractivity contribution in [3.8, 4) is 0 Å². The summed E-state index contributed by atoms with van der Waals surface area (Å²) in [5.74, 6) is 1.18. The van der Waals surface area contributed by atoms with Crippen molar-refractivity contribution in [3.63, 3.8) is 0 Å². The second-order valence-electron chi connectivity index (χ2n) is 4.96. The lowest BCUT2D eigenvalue weighted by molar-refractivity contribution is 0.0938. The van der Waals surface area contributed by atoms with Crippen LogP contribution in [-0.4, -0.2) is 10.9 Å². The number of amides is 1. The van der Waals surface area contributed by atoms with Crippen LogP contribution in [0.5, 0.6) is 0 Å². The Balaban J connectivity index is 2.19. The zero-order valence-electron chi connectivity index (χ0n) is 12.0. The van der Waals surface area contributed by atoms with Gasteiger partial charge in [-0.15, -0.1) is 0 Å². The van der Waals surface area contributed by atoms with Crippen molar-refractivity contribution >= 4 is 5.91 Å². The predicted molar refractivity (Wildman–Crippen MR) is 75.9 cm³/mol. The Labute approximate surface area is 117 Å². The second-order valence-corrected chi connectivity index (χ2v) is 4.96. The molecule has 0 aromatic carbocycles. The van der Waals surface area contributed by atoms with Crippen molar-refractivity contribution in [2.24, 2.45) is 0 Å². The van der Waals surface area contributed by atoms with Gasteiger partial charge in [-0.1, -0.05) is 0 Å². The van der Waals surface area contributed by atoms with Gasteiger partial charge in [-0.2, -0.15) is 0 Å². The summed E-state index contributed by atoms with van der Waals surface area (Å²) in [5, 5.41) is 2.81. The Kier molecular flexibility index (Phi) is 3.79. The maximum absolute atomic E-state index is 12.1. The molecule has 0 aliphatic rings. The lowest BCUT2D eigenvalue weighted by Crippen LogP contribution is -2.31. The smallest absolute Gasteiger partial charge is 0.257 e. The van der Waals surface area contributed by atoms with Crippen LogP contribution < -0.4 is 10.7 Å². The van der Waals surface area contributed by atoms with Crippen molar-refractivity contribution < 1.29 is 9.21 Å². The van der Waals surface area contributed by atoms with Gasteiger partial charge in [0.05, 0.1) is 6.04 Å². The normalized spacial score (nSPS) is 12.2. The van der Waals surface area contributed by atoms with E-state index in [1.54, 1.807) is 6.92 Å². The lowest BCUT2D eigenvalue weighted by Gasteiger charge is -2.13. The quantitative estimate of drug-likeness (QED) is 0.902. The van der Waals surface area contributed by atoms with Crippen molar-refractivity contribution in [1.82, 2.24) is 10.3 Å². The molecule has 0 bridgehead atoms. The van der Waals surface area contributed by atoms with E-state index in [0.717, 1.165) is 22.8 Å². The number of aromatic nitrogens is 1. The number of carbonyl (C=O) groups is 1.